The van der Waals surface area contributed by atoms with Gasteiger partial charge in [0.2, 0.25) is 0 Å². The molecular weight excluding hydrogens is 234 g/mol. The van der Waals surface area contributed by atoms with E-state index in [2.05, 4.69) is 42.9 Å². The molecule has 0 saturated carbocycles. The highest BCUT2D eigenvalue weighted by molar-refractivity contribution is 6.30. The second-order valence-corrected chi connectivity index (χ2v) is 4.69. The van der Waals surface area contributed by atoms with Crippen molar-refractivity contribution in [3.8, 4) is 11.4 Å². The van der Waals surface area contributed by atoms with Gasteiger partial charge in [-0.3, -0.25) is 0 Å². The SMILES string of the molecule is Cc1cc(C)c(-c2nc(Cl)c(CN)[nH]2)c(C)c1. The maximum Gasteiger partial charge on any atom is 0.152 e. The van der Waals surface area contributed by atoms with Crippen LogP contribution in [0.15, 0.2) is 12.1 Å². The molecule has 0 aliphatic rings. The average molecular weight is 250 g/mol. The van der Waals surface area contributed by atoms with Gasteiger partial charge in [-0.05, 0) is 31.9 Å². The van der Waals surface area contributed by atoms with Crippen molar-refractivity contribution in [2.75, 3.05) is 0 Å². The first-order valence-electron chi connectivity index (χ1n) is 5.55. The second-order valence-electron chi connectivity index (χ2n) is 4.33. The Morgan fingerprint density at radius 1 is 1.24 bits per heavy atom. The number of aromatic nitrogens is 2. The number of hydrogen-bond acceptors (Lipinski definition) is 2. The van der Waals surface area contributed by atoms with Crippen LogP contribution in [0.5, 0.6) is 0 Å². The summed E-state index contributed by atoms with van der Waals surface area (Å²) >= 11 is 6.01. The fourth-order valence-electron chi connectivity index (χ4n) is 2.20. The number of aryl methyl sites for hydroxylation is 3. The van der Waals surface area contributed by atoms with Gasteiger partial charge in [-0.1, -0.05) is 29.3 Å². The van der Waals surface area contributed by atoms with Gasteiger partial charge in [-0.15, -0.1) is 0 Å². The fraction of sp³-hybridized carbons (Fsp3) is 0.308. The first kappa shape index (κ1) is 12.1. The minimum Gasteiger partial charge on any atom is -0.339 e. The highest BCUT2D eigenvalue weighted by atomic mass is 35.5. The van der Waals surface area contributed by atoms with Crippen molar-refractivity contribution in [2.45, 2.75) is 27.3 Å². The van der Waals surface area contributed by atoms with Crippen molar-refractivity contribution in [3.63, 3.8) is 0 Å². The quantitative estimate of drug-likeness (QED) is 0.859. The van der Waals surface area contributed by atoms with E-state index >= 15 is 0 Å². The highest BCUT2D eigenvalue weighted by Gasteiger charge is 2.13. The van der Waals surface area contributed by atoms with E-state index in [4.69, 9.17) is 17.3 Å². The summed E-state index contributed by atoms with van der Waals surface area (Å²) in [5.41, 5.74) is 11.1. The summed E-state index contributed by atoms with van der Waals surface area (Å²) in [6.45, 7) is 6.61. The van der Waals surface area contributed by atoms with Crippen LogP contribution in [0.4, 0.5) is 0 Å². The van der Waals surface area contributed by atoms with Crippen molar-refractivity contribution < 1.29 is 0 Å². The van der Waals surface area contributed by atoms with Crippen molar-refractivity contribution in [1.29, 1.82) is 0 Å². The number of halogens is 1. The van der Waals surface area contributed by atoms with Gasteiger partial charge < -0.3 is 10.7 Å². The Bertz CT molecular complexity index is 535. The molecule has 0 aliphatic heterocycles. The molecule has 90 valence electrons. The standard InChI is InChI=1S/C13H16ClN3/c1-7-4-8(2)11(9(3)5-7)13-16-10(6-15)12(14)17-13/h4-5H,6,15H2,1-3H3,(H,16,17). The molecule has 2 rings (SSSR count). The minimum absolute atomic E-state index is 0.371. The number of rotatable bonds is 2. The molecule has 0 bridgehead atoms. The summed E-state index contributed by atoms with van der Waals surface area (Å²) in [7, 11) is 0. The van der Waals surface area contributed by atoms with E-state index in [9.17, 15) is 0 Å². The Labute approximate surface area is 106 Å². The lowest BCUT2D eigenvalue weighted by Gasteiger charge is -2.08. The van der Waals surface area contributed by atoms with Crippen LogP contribution >= 0.6 is 11.6 Å². The molecule has 3 N–H and O–H groups in total. The van der Waals surface area contributed by atoms with Crippen LogP contribution in [0.1, 0.15) is 22.4 Å². The topological polar surface area (TPSA) is 54.7 Å². The Balaban J connectivity index is 2.60. The Morgan fingerprint density at radius 2 is 1.82 bits per heavy atom. The van der Waals surface area contributed by atoms with Crippen molar-refractivity contribution in [3.05, 3.63) is 39.7 Å². The number of benzene rings is 1. The number of hydrogen-bond donors (Lipinski definition) is 2. The molecule has 3 nitrogen and oxygen atoms in total. The molecular formula is C13H16ClN3. The summed E-state index contributed by atoms with van der Waals surface area (Å²) in [4.78, 5) is 7.51. The van der Waals surface area contributed by atoms with E-state index in [1.54, 1.807) is 0 Å². The van der Waals surface area contributed by atoms with E-state index in [1.807, 2.05) is 0 Å². The molecule has 4 heteroatoms. The van der Waals surface area contributed by atoms with Gasteiger partial charge in [0, 0.05) is 12.1 Å². The van der Waals surface area contributed by atoms with E-state index in [0.717, 1.165) is 17.1 Å². The third kappa shape index (κ3) is 2.21. The third-order valence-corrected chi connectivity index (χ3v) is 3.16. The average Bonchev–Trinajstić information content (AvgIpc) is 2.57. The fourth-order valence-corrected chi connectivity index (χ4v) is 2.40. The lowest BCUT2D eigenvalue weighted by Crippen LogP contribution is -1.97. The number of aromatic amines is 1. The summed E-state index contributed by atoms with van der Waals surface area (Å²) in [6.07, 6.45) is 0. The van der Waals surface area contributed by atoms with Gasteiger partial charge in [-0.2, -0.15) is 0 Å². The third-order valence-electron chi connectivity index (χ3n) is 2.85. The molecule has 0 radical (unpaired) electrons. The van der Waals surface area contributed by atoms with Crippen molar-refractivity contribution >= 4 is 11.6 Å². The Kier molecular flexibility index (Phi) is 3.22. The molecule has 2 aromatic rings. The highest BCUT2D eigenvalue weighted by Crippen LogP contribution is 2.28. The largest absolute Gasteiger partial charge is 0.339 e. The second kappa shape index (κ2) is 4.51. The lowest BCUT2D eigenvalue weighted by molar-refractivity contribution is 1.01. The Morgan fingerprint density at radius 3 is 2.29 bits per heavy atom. The van der Waals surface area contributed by atoms with E-state index in [1.165, 1.54) is 16.7 Å². The Hall–Kier alpha value is -1.32. The normalized spacial score (nSPS) is 10.9. The number of nitrogens with two attached hydrogens (primary N) is 1. The number of imidazole rings is 1. The lowest BCUT2D eigenvalue weighted by atomic mass is 9.99. The molecule has 0 amide bonds. The van der Waals surface area contributed by atoms with Gasteiger partial charge in [0.25, 0.3) is 0 Å². The van der Waals surface area contributed by atoms with Gasteiger partial charge in [0.1, 0.15) is 5.82 Å². The molecule has 0 fully saturated rings. The van der Waals surface area contributed by atoms with Gasteiger partial charge in [0.15, 0.2) is 5.15 Å². The number of nitrogens with one attached hydrogen (secondary N) is 1. The first-order valence-corrected chi connectivity index (χ1v) is 5.93. The van der Waals surface area contributed by atoms with Crippen molar-refractivity contribution in [1.82, 2.24) is 9.97 Å². The molecule has 1 aromatic carbocycles. The number of nitrogens with zero attached hydrogens (tertiary/aromatic N) is 1. The minimum atomic E-state index is 0.371. The summed E-state index contributed by atoms with van der Waals surface area (Å²) in [6, 6.07) is 4.28. The summed E-state index contributed by atoms with van der Waals surface area (Å²) in [5, 5.41) is 0.460. The first-order chi connectivity index (χ1) is 8.02. The molecule has 0 aliphatic carbocycles. The zero-order chi connectivity index (χ0) is 12.6. The van der Waals surface area contributed by atoms with Crippen LogP contribution in [0, 0.1) is 20.8 Å². The van der Waals surface area contributed by atoms with E-state index in [0.29, 0.717) is 11.7 Å². The number of H-pyrrole nitrogens is 1. The van der Waals surface area contributed by atoms with Crippen molar-refractivity contribution in [2.24, 2.45) is 5.73 Å². The molecule has 0 spiro atoms. The molecule has 1 aromatic heterocycles. The van der Waals surface area contributed by atoms with Gasteiger partial charge in [0.05, 0.1) is 5.69 Å². The van der Waals surface area contributed by atoms with Gasteiger partial charge in [-0.25, -0.2) is 4.98 Å². The molecule has 1 heterocycles. The smallest absolute Gasteiger partial charge is 0.152 e. The zero-order valence-corrected chi connectivity index (χ0v) is 11.0. The van der Waals surface area contributed by atoms with Crippen LogP contribution in [-0.2, 0) is 6.54 Å². The maximum absolute atomic E-state index is 6.01. The van der Waals surface area contributed by atoms with E-state index < -0.39 is 0 Å². The molecule has 17 heavy (non-hydrogen) atoms. The zero-order valence-electron chi connectivity index (χ0n) is 10.3. The van der Waals surface area contributed by atoms with Crippen LogP contribution in [0.25, 0.3) is 11.4 Å². The molecule has 0 atom stereocenters. The molecule has 0 saturated heterocycles. The van der Waals surface area contributed by atoms with Crippen LogP contribution in [0.2, 0.25) is 5.15 Å². The van der Waals surface area contributed by atoms with Crippen LogP contribution in [0.3, 0.4) is 0 Å². The summed E-state index contributed by atoms with van der Waals surface area (Å²) < 4.78 is 0. The van der Waals surface area contributed by atoms with Crippen LogP contribution in [-0.4, -0.2) is 9.97 Å². The predicted octanol–water partition coefficient (Wildman–Crippen LogP) is 3.11. The maximum atomic E-state index is 6.01. The van der Waals surface area contributed by atoms with E-state index in [-0.39, 0.29) is 0 Å². The molecule has 0 unspecified atom stereocenters. The predicted molar refractivity (Wildman–Crippen MR) is 71.1 cm³/mol. The monoisotopic (exact) mass is 249 g/mol. The van der Waals surface area contributed by atoms with Gasteiger partial charge >= 0.3 is 0 Å². The van der Waals surface area contributed by atoms with Crippen LogP contribution < -0.4 is 5.73 Å². The summed E-state index contributed by atoms with van der Waals surface area (Å²) in [5.74, 6) is 0.797.